The smallest absolute Gasteiger partial charge is 0.264 e. The van der Waals surface area contributed by atoms with Crippen LogP contribution in [0.3, 0.4) is 0 Å². The van der Waals surface area contributed by atoms with Gasteiger partial charge in [-0.3, -0.25) is 4.31 Å². The molecule has 0 saturated carbocycles. The molecule has 6 heteroatoms. The van der Waals surface area contributed by atoms with Crippen molar-refractivity contribution in [1.29, 1.82) is 0 Å². The first-order valence-electron chi connectivity index (χ1n) is 6.91. The molecule has 0 aromatic heterocycles. The molecule has 0 N–H and O–H groups in total. The van der Waals surface area contributed by atoms with Crippen molar-refractivity contribution in [1.82, 2.24) is 0 Å². The van der Waals surface area contributed by atoms with Gasteiger partial charge in [0.15, 0.2) is 0 Å². The van der Waals surface area contributed by atoms with Crippen molar-refractivity contribution in [2.45, 2.75) is 24.3 Å². The lowest BCUT2D eigenvalue weighted by molar-refractivity contribution is 0.410. The number of sulfonamides is 1. The maximum Gasteiger partial charge on any atom is 0.264 e. The Balaban J connectivity index is 2.11. The highest BCUT2D eigenvalue weighted by Crippen LogP contribution is 2.37. The van der Waals surface area contributed by atoms with Crippen molar-refractivity contribution in [3.05, 3.63) is 52.5 Å². The first-order valence-corrected chi connectivity index (χ1v) is 9.14. The highest BCUT2D eigenvalue weighted by atomic mass is 79.9. The summed E-state index contributed by atoms with van der Waals surface area (Å²) in [6, 6.07) is 12.4. The number of benzene rings is 2. The predicted molar refractivity (Wildman–Crippen MR) is 90.0 cm³/mol. The minimum absolute atomic E-state index is 0.1000. The number of methoxy groups -OCH3 is 1. The van der Waals surface area contributed by atoms with E-state index in [9.17, 15) is 8.42 Å². The summed E-state index contributed by atoms with van der Waals surface area (Å²) in [4.78, 5) is 0.233. The lowest BCUT2D eigenvalue weighted by atomic mass is 10.1. The summed E-state index contributed by atoms with van der Waals surface area (Å²) in [6.07, 6.45) is 0.725. The summed E-state index contributed by atoms with van der Waals surface area (Å²) in [5, 5.41) is 0. The predicted octanol–water partition coefficient (Wildman–Crippen LogP) is 3.60. The van der Waals surface area contributed by atoms with Crippen molar-refractivity contribution in [3.8, 4) is 5.75 Å². The van der Waals surface area contributed by atoms with Crippen LogP contribution in [0, 0.1) is 0 Å². The quantitative estimate of drug-likeness (QED) is 0.815. The van der Waals surface area contributed by atoms with Crippen molar-refractivity contribution >= 4 is 31.6 Å². The average Bonchev–Trinajstić information content (AvgIpc) is 2.83. The molecular formula is C16H16BrNO3S. The van der Waals surface area contributed by atoms with Gasteiger partial charge in [-0.15, -0.1) is 0 Å². The SMILES string of the molecule is COc1cc(S(=O)(=O)N2c3ccccc3C[C@H]2C)ccc1Br. The van der Waals surface area contributed by atoms with E-state index in [-0.39, 0.29) is 10.9 Å². The van der Waals surface area contributed by atoms with Crippen molar-refractivity contribution in [2.24, 2.45) is 0 Å². The number of ether oxygens (including phenoxy) is 1. The second kappa shape index (κ2) is 5.59. The molecule has 1 atom stereocenters. The number of halogens is 1. The fourth-order valence-corrected chi connectivity index (χ4v) is 4.93. The number of rotatable bonds is 3. The van der Waals surface area contributed by atoms with E-state index in [4.69, 9.17) is 4.74 Å². The summed E-state index contributed by atoms with van der Waals surface area (Å²) < 4.78 is 33.5. The van der Waals surface area contributed by atoms with Crippen LogP contribution < -0.4 is 9.04 Å². The number of hydrogen-bond acceptors (Lipinski definition) is 3. The van der Waals surface area contributed by atoms with E-state index in [2.05, 4.69) is 15.9 Å². The van der Waals surface area contributed by atoms with E-state index in [1.54, 1.807) is 18.2 Å². The van der Waals surface area contributed by atoms with Crippen LogP contribution in [0.25, 0.3) is 0 Å². The van der Waals surface area contributed by atoms with Gasteiger partial charge < -0.3 is 4.74 Å². The number of nitrogens with zero attached hydrogens (tertiary/aromatic N) is 1. The van der Waals surface area contributed by atoms with Crippen LogP contribution in [0.1, 0.15) is 12.5 Å². The van der Waals surface area contributed by atoms with Crippen LogP contribution in [-0.2, 0) is 16.4 Å². The Kier molecular flexibility index (Phi) is 3.91. The molecule has 0 fully saturated rings. The molecule has 116 valence electrons. The summed E-state index contributed by atoms with van der Waals surface area (Å²) in [7, 11) is -2.10. The first kappa shape index (κ1) is 15.4. The topological polar surface area (TPSA) is 46.6 Å². The zero-order valence-corrected chi connectivity index (χ0v) is 14.7. The minimum Gasteiger partial charge on any atom is -0.496 e. The van der Waals surface area contributed by atoms with Gasteiger partial charge in [0.1, 0.15) is 5.75 Å². The highest BCUT2D eigenvalue weighted by Gasteiger charge is 2.36. The lowest BCUT2D eigenvalue weighted by Crippen LogP contribution is -2.35. The number of hydrogen-bond donors (Lipinski definition) is 0. The molecule has 3 rings (SSSR count). The van der Waals surface area contributed by atoms with Crippen LogP contribution in [0.5, 0.6) is 5.75 Å². The third kappa shape index (κ3) is 2.40. The van der Waals surface area contributed by atoms with Crippen LogP contribution in [0.15, 0.2) is 51.8 Å². The molecule has 0 amide bonds. The Morgan fingerprint density at radius 3 is 2.68 bits per heavy atom. The molecule has 0 aliphatic carbocycles. The Hall–Kier alpha value is -1.53. The van der Waals surface area contributed by atoms with E-state index in [0.717, 1.165) is 22.1 Å². The Morgan fingerprint density at radius 1 is 1.23 bits per heavy atom. The summed E-state index contributed by atoms with van der Waals surface area (Å²) >= 11 is 3.35. The largest absolute Gasteiger partial charge is 0.496 e. The third-order valence-corrected chi connectivity index (χ3v) is 6.40. The van der Waals surface area contributed by atoms with Crippen molar-refractivity contribution < 1.29 is 13.2 Å². The molecule has 0 bridgehead atoms. The standard InChI is InChI=1S/C16H16BrNO3S/c1-11-9-12-5-3-4-6-15(12)18(11)22(19,20)13-7-8-14(17)16(10-13)21-2/h3-8,10-11H,9H2,1-2H3/t11-/m1/s1. The lowest BCUT2D eigenvalue weighted by Gasteiger charge is -2.24. The zero-order chi connectivity index (χ0) is 15.9. The Bertz CT molecular complexity index is 820. The van der Waals surface area contributed by atoms with E-state index in [1.165, 1.54) is 11.4 Å². The Morgan fingerprint density at radius 2 is 1.95 bits per heavy atom. The zero-order valence-electron chi connectivity index (χ0n) is 12.3. The van der Waals surface area contributed by atoms with Gasteiger partial charge in [0, 0.05) is 12.1 Å². The average molecular weight is 382 g/mol. The molecule has 0 spiro atoms. The van der Waals surface area contributed by atoms with Gasteiger partial charge in [-0.05, 0) is 53.0 Å². The molecule has 2 aromatic carbocycles. The van der Waals surface area contributed by atoms with E-state index < -0.39 is 10.0 Å². The van der Waals surface area contributed by atoms with Gasteiger partial charge in [-0.25, -0.2) is 8.42 Å². The first-order chi connectivity index (χ1) is 10.4. The van der Waals surface area contributed by atoms with E-state index >= 15 is 0 Å². The second-order valence-corrected chi connectivity index (χ2v) is 7.95. The van der Waals surface area contributed by atoms with Gasteiger partial charge in [0.2, 0.25) is 0 Å². The van der Waals surface area contributed by atoms with Crippen LogP contribution in [0.4, 0.5) is 5.69 Å². The molecule has 4 nitrogen and oxygen atoms in total. The minimum atomic E-state index is -3.62. The summed E-state index contributed by atoms with van der Waals surface area (Å²) in [6.45, 7) is 1.92. The molecule has 0 unspecified atom stereocenters. The molecule has 2 aromatic rings. The molecule has 0 radical (unpaired) electrons. The van der Waals surface area contributed by atoms with Crippen molar-refractivity contribution in [2.75, 3.05) is 11.4 Å². The maximum absolute atomic E-state index is 13.0. The Labute approximate surface area is 138 Å². The van der Waals surface area contributed by atoms with Crippen LogP contribution >= 0.6 is 15.9 Å². The summed E-state index contributed by atoms with van der Waals surface area (Å²) in [5.74, 6) is 0.501. The number of anilines is 1. The van der Waals surface area contributed by atoms with Gasteiger partial charge in [-0.1, -0.05) is 18.2 Å². The normalized spacial score (nSPS) is 17.4. The van der Waals surface area contributed by atoms with Gasteiger partial charge in [0.05, 0.1) is 22.2 Å². The van der Waals surface area contributed by atoms with Crippen LogP contribution in [0.2, 0.25) is 0 Å². The second-order valence-electron chi connectivity index (χ2n) is 5.28. The fourth-order valence-electron chi connectivity index (χ4n) is 2.82. The fraction of sp³-hybridized carbons (Fsp3) is 0.250. The number of fused-ring (bicyclic) bond motifs is 1. The monoisotopic (exact) mass is 381 g/mol. The summed E-state index contributed by atoms with van der Waals surface area (Å²) in [5.41, 5.74) is 1.82. The number of para-hydroxylation sites is 1. The maximum atomic E-state index is 13.0. The molecule has 1 aliphatic rings. The third-order valence-electron chi connectivity index (χ3n) is 3.82. The highest BCUT2D eigenvalue weighted by molar-refractivity contribution is 9.10. The van der Waals surface area contributed by atoms with Crippen molar-refractivity contribution in [3.63, 3.8) is 0 Å². The van der Waals surface area contributed by atoms with Gasteiger partial charge in [0.25, 0.3) is 10.0 Å². The van der Waals surface area contributed by atoms with E-state index in [0.29, 0.717) is 5.75 Å². The molecular weight excluding hydrogens is 366 g/mol. The molecule has 22 heavy (non-hydrogen) atoms. The van der Waals surface area contributed by atoms with Crippen LogP contribution in [-0.4, -0.2) is 21.6 Å². The molecule has 0 saturated heterocycles. The van der Waals surface area contributed by atoms with Gasteiger partial charge in [-0.2, -0.15) is 0 Å². The van der Waals surface area contributed by atoms with Gasteiger partial charge >= 0.3 is 0 Å². The molecule has 1 aliphatic heterocycles. The van der Waals surface area contributed by atoms with E-state index in [1.807, 2.05) is 31.2 Å². The molecule has 1 heterocycles.